The Bertz CT molecular complexity index is 464. The Hall–Kier alpha value is -1.11. The summed E-state index contributed by atoms with van der Waals surface area (Å²) < 4.78 is 18.1. The fraction of sp³-hybridized carbons (Fsp3) is 0.562. The number of benzene rings is 1. The van der Waals surface area contributed by atoms with Gasteiger partial charge in [0.15, 0.2) is 0 Å². The topological polar surface area (TPSA) is 41.6 Å². The molecule has 1 amide bonds. The fourth-order valence-electron chi connectivity index (χ4n) is 2.29. The van der Waals surface area contributed by atoms with Crippen LogP contribution in [0.25, 0.3) is 0 Å². The van der Waals surface area contributed by atoms with Gasteiger partial charge in [0.1, 0.15) is 5.82 Å². The van der Waals surface area contributed by atoms with Crippen molar-refractivity contribution in [2.75, 3.05) is 38.6 Å². The second-order valence-electron chi connectivity index (χ2n) is 5.35. The van der Waals surface area contributed by atoms with Crippen molar-refractivity contribution < 1.29 is 13.9 Å². The van der Waals surface area contributed by atoms with Gasteiger partial charge in [0.25, 0.3) is 0 Å². The third-order valence-corrected chi connectivity index (χ3v) is 4.69. The van der Waals surface area contributed by atoms with Crippen molar-refractivity contribution in [3.63, 3.8) is 0 Å². The minimum Gasteiger partial charge on any atom is -0.379 e. The molecular weight excluding hydrogens is 303 g/mol. The minimum atomic E-state index is -0.237. The van der Waals surface area contributed by atoms with Crippen LogP contribution in [-0.4, -0.2) is 55.4 Å². The summed E-state index contributed by atoms with van der Waals surface area (Å²) in [6.07, 6.45) is 0.470. The molecule has 1 aromatic carbocycles. The Morgan fingerprint density at radius 2 is 2.05 bits per heavy atom. The number of hydrogen-bond acceptors (Lipinski definition) is 4. The van der Waals surface area contributed by atoms with Crippen molar-refractivity contribution in [1.29, 1.82) is 0 Å². The number of halogens is 1. The maximum atomic E-state index is 12.8. The second-order valence-corrected chi connectivity index (χ2v) is 6.52. The molecule has 1 atom stereocenters. The summed E-state index contributed by atoms with van der Waals surface area (Å²) in [5.74, 6) is 0.526. The lowest BCUT2D eigenvalue weighted by Crippen LogP contribution is -2.47. The Labute approximate surface area is 135 Å². The Balaban J connectivity index is 1.60. The molecule has 22 heavy (non-hydrogen) atoms. The van der Waals surface area contributed by atoms with Crippen molar-refractivity contribution in [2.24, 2.45) is 0 Å². The third kappa shape index (κ3) is 5.94. The van der Waals surface area contributed by atoms with Crippen LogP contribution in [0.5, 0.6) is 0 Å². The third-order valence-electron chi connectivity index (χ3n) is 3.68. The molecule has 1 fully saturated rings. The van der Waals surface area contributed by atoms with E-state index in [9.17, 15) is 9.18 Å². The van der Waals surface area contributed by atoms with Gasteiger partial charge in [-0.25, -0.2) is 4.39 Å². The van der Waals surface area contributed by atoms with Crippen molar-refractivity contribution in [1.82, 2.24) is 10.2 Å². The average Bonchev–Trinajstić information content (AvgIpc) is 2.55. The molecule has 0 aromatic heterocycles. The summed E-state index contributed by atoms with van der Waals surface area (Å²) in [5.41, 5.74) is 0. The van der Waals surface area contributed by atoms with E-state index in [2.05, 4.69) is 17.1 Å². The largest absolute Gasteiger partial charge is 0.379 e. The highest BCUT2D eigenvalue weighted by atomic mass is 32.2. The van der Waals surface area contributed by atoms with Gasteiger partial charge < -0.3 is 10.1 Å². The van der Waals surface area contributed by atoms with Crippen LogP contribution in [0, 0.1) is 5.82 Å². The SMILES string of the molecule is CC(CNC(=O)CCSc1ccc(F)cc1)N1CCOCC1. The molecule has 0 saturated carbocycles. The minimum absolute atomic E-state index is 0.0646. The summed E-state index contributed by atoms with van der Waals surface area (Å²) in [6, 6.07) is 6.67. The lowest BCUT2D eigenvalue weighted by atomic mass is 10.2. The summed E-state index contributed by atoms with van der Waals surface area (Å²) >= 11 is 1.57. The summed E-state index contributed by atoms with van der Waals surface area (Å²) in [5, 5.41) is 2.98. The van der Waals surface area contributed by atoms with Gasteiger partial charge in [0.05, 0.1) is 13.2 Å². The summed E-state index contributed by atoms with van der Waals surface area (Å²) in [4.78, 5) is 15.2. The standard InChI is InChI=1S/C16H23FN2O2S/c1-13(19-7-9-21-10-8-19)12-18-16(20)6-11-22-15-4-2-14(17)3-5-15/h2-5,13H,6-12H2,1H3,(H,18,20). The van der Waals surface area contributed by atoms with E-state index >= 15 is 0 Å². The maximum Gasteiger partial charge on any atom is 0.220 e. The van der Waals surface area contributed by atoms with Gasteiger partial charge in [0.2, 0.25) is 5.91 Å². The molecule has 2 rings (SSSR count). The van der Waals surface area contributed by atoms with Gasteiger partial charge in [-0.05, 0) is 31.2 Å². The van der Waals surface area contributed by atoms with E-state index in [1.54, 1.807) is 23.9 Å². The first kappa shape index (κ1) is 17.2. The Kier molecular flexibility index (Phi) is 7.15. The van der Waals surface area contributed by atoms with E-state index in [1.807, 2.05) is 0 Å². The monoisotopic (exact) mass is 326 g/mol. The van der Waals surface area contributed by atoms with E-state index in [4.69, 9.17) is 4.74 Å². The smallest absolute Gasteiger partial charge is 0.220 e. The molecule has 1 aliphatic heterocycles. The molecule has 4 nitrogen and oxygen atoms in total. The predicted molar refractivity (Wildman–Crippen MR) is 86.6 cm³/mol. The van der Waals surface area contributed by atoms with Crippen LogP contribution in [0.1, 0.15) is 13.3 Å². The van der Waals surface area contributed by atoms with Crippen molar-refractivity contribution >= 4 is 17.7 Å². The van der Waals surface area contributed by atoms with E-state index in [0.717, 1.165) is 31.2 Å². The highest BCUT2D eigenvalue weighted by molar-refractivity contribution is 7.99. The number of ether oxygens (including phenoxy) is 1. The van der Waals surface area contributed by atoms with Crippen LogP contribution in [0.2, 0.25) is 0 Å². The molecule has 1 saturated heterocycles. The maximum absolute atomic E-state index is 12.8. The van der Waals surface area contributed by atoms with Gasteiger partial charge in [0, 0.05) is 42.7 Å². The van der Waals surface area contributed by atoms with Crippen LogP contribution in [-0.2, 0) is 9.53 Å². The summed E-state index contributed by atoms with van der Waals surface area (Å²) in [6.45, 7) is 6.19. The van der Waals surface area contributed by atoms with Crippen LogP contribution in [0.3, 0.4) is 0 Å². The zero-order chi connectivity index (χ0) is 15.8. The number of carbonyl (C=O) groups excluding carboxylic acids is 1. The highest BCUT2D eigenvalue weighted by Crippen LogP contribution is 2.18. The molecule has 1 N–H and O–H groups in total. The van der Waals surface area contributed by atoms with Gasteiger partial charge in [-0.3, -0.25) is 9.69 Å². The number of thioether (sulfide) groups is 1. The molecular formula is C16H23FN2O2S. The molecule has 0 aliphatic carbocycles. The van der Waals surface area contributed by atoms with Gasteiger partial charge >= 0.3 is 0 Å². The Morgan fingerprint density at radius 1 is 1.36 bits per heavy atom. The predicted octanol–water partition coefficient (Wildman–Crippen LogP) is 2.14. The first-order valence-corrected chi connectivity index (χ1v) is 8.60. The van der Waals surface area contributed by atoms with Gasteiger partial charge in [-0.1, -0.05) is 0 Å². The first-order valence-electron chi connectivity index (χ1n) is 7.62. The lowest BCUT2D eigenvalue weighted by molar-refractivity contribution is -0.121. The van der Waals surface area contributed by atoms with E-state index < -0.39 is 0 Å². The van der Waals surface area contributed by atoms with E-state index in [1.165, 1.54) is 12.1 Å². The van der Waals surface area contributed by atoms with Gasteiger partial charge in [-0.2, -0.15) is 0 Å². The number of rotatable bonds is 7. The number of morpholine rings is 1. The summed E-state index contributed by atoms with van der Waals surface area (Å²) in [7, 11) is 0. The van der Waals surface area contributed by atoms with Crippen molar-refractivity contribution in [3.8, 4) is 0 Å². The van der Waals surface area contributed by atoms with E-state index in [-0.39, 0.29) is 11.7 Å². The second kappa shape index (κ2) is 9.12. The molecule has 0 bridgehead atoms. The van der Waals surface area contributed by atoms with Crippen LogP contribution < -0.4 is 5.32 Å². The van der Waals surface area contributed by atoms with Crippen molar-refractivity contribution in [3.05, 3.63) is 30.1 Å². The molecule has 1 aliphatic rings. The zero-order valence-electron chi connectivity index (χ0n) is 12.9. The van der Waals surface area contributed by atoms with Crippen LogP contribution in [0.15, 0.2) is 29.2 Å². The average molecular weight is 326 g/mol. The molecule has 0 radical (unpaired) electrons. The molecule has 1 aromatic rings. The first-order chi connectivity index (χ1) is 10.6. The number of nitrogens with one attached hydrogen (secondary N) is 1. The number of nitrogens with zero attached hydrogens (tertiary/aromatic N) is 1. The zero-order valence-corrected chi connectivity index (χ0v) is 13.7. The highest BCUT2D eigenvalue weighted by Gasteiger charge is 2.17. The van der Waals surface area contributed by atoms with Crippen LogP contribution >= 0.6 is 11.8 Å². The molecule has 122 valence electrons. The fourth-order valence-corrected chi connectivity index (χ4v) is 3.14. The lowest BCUT2D eigenvalue weighted by Gasteiger charge is -2.32. The number of amides is 1. The molecule has 6 heteroatoms. The quantitative estimate of drug-likeness (QED) is 0.780. The Morgan fingerprint density at radius 3 is 2.73 bits per heavy atom. The molecule has 0 spiro atoms. The normalized spacial score (nSPS) is 17.2. The molecule has 1 heterocycles. The molecule has 1 unspecified atom stereocenters. The number of hydrogen-bond donors (Lipinski definition) is 1. The van der Waals surface area contributed by atoms with E-state index in [0.29, 0.717) is 24.8 Å². The van der Waals surface area contributed by atoms with Crippen molar-refractivity contribution in [2.45, 2.75) is 24.3 Å². The van der Waals surface area contributed by atoms with Crippen LogP contribution in [0.4, 0.5) is 4.39 Å². The number of carbonyl (C=O) groups is 1. The van der Waals surface area contributed by atoms with Gasteiger partial charge in [-0.15, -0.1) is 11.8 Å².